The molecule has 0 atom stereocenters. The summed E-state index contributed by atoms with van der Waals surface area (Å²) >= 11 is 5.65. The van der Waals surface area contributed by atoms with Crippen LogP contribution in [0.5, 0.6) is 0 Å². The van der Waals surface area contributed by atoms with E-state index in [2.05, 4.69) is 0 Å². The number of nitrogens with two attached hydrogens (primary N) is 1. The predicted molar refractivity (Wildman–Crippen MR) is 48.7 cm³/mol. The van der Waals surface area contributed by atoms with E-state index in [1.54, 1.807) is 12.1 Å². The van der Waals surface area contributed by atoms with Gasteiger partial charge in [0.15, 0.2) is 0 Å². The molecule has 0 aliphatic rings. The van der Waals surface area contributed by atoms with Gasteiger partial charge in [-0.05, 0) is 24.6 Å². The normalized spacial score (nSPS) is 10.7. The number of benzene rings is 1. The minimum Gasteiger partial charge on any atom is -1.00 e. The van der Waals surface area contributed by atoms with Gasteiger partial charge in [0.05, 0.1) is 5.02 Å². The van der Waals surface area contributed by atoms with Gasteiger partial charge in [-0.2, -0.15) is 0 Å². The Morgan fingerprint density at radius 1 is 1.46 bits per heavy atom. The maximum atomic E-state index is 10.9. The van der Waals surface area contributed by atoms with Gasteiger partial charge < -0.3 is 1.43 Å². The predicted octanol–water partition coefficient (Wildman–Crippen LogP) is -1.59. The Balaban J connectivity index is 0. The third kappa shape index (κ3) is 3.58. The first kappa shape index (κ1) is 13.4. The summed E-state index contributed by atoms with van der Waals surface area (Å²) in [5, 5.41) is 5.06. The van der Waals surface area contributed by atoms with Gasteiger partial charge in [0, 0.05) is 0 Å². The van der Waals surface area contributed by atoms with Crippen LogP contribution in [0.25, 0.3) is 0 Å². The van der Waals surface area contributed by atoms with Crippen LogP contribution in [0.15, 0.2) is 23.1 Å². The fourth-order valence-electron chi connectivity index (χ4n) is 0.837. The van der Waals surface area contributed by atoms with Crippen molar-refractivity contribution < 1.29 is 39.4 Å². The Morgan fingerprint density at radius 2 is 2.00 bits per heavy atom. The summed E-state index contributed by atoms with van der Waals surface area (Å²) in [4.78, 5) is -0.0326. The maximum Gasteiger partial charge on any atom is 1.00 e. The summed E-state index contributed by atoms with van der Waals surface area (Å²) in [6, 6.07) is 4.60. The number of hydrogen-bond donors (Lipinski definition) is 1. The molecule has 0 aliphatic carbocycles. The van der Waals surface area contributed by atoms with Gasteiger partial charge in [0.1, 0.15) is 4.90 Å². The van der Waals surface area contributed by atoms with E-state index in [-0.39, 0.29) is 40.9 Å². The average molecular weight is 230 g/mol. The Hall–Kier alpha value is 0.420. The van der Waals surface area contributed by atoms with Crippen molar-refractivity contribution >= 4 is 21.6 Å². The maximum absolute atomic E-state index is 10.9. The molecule has 0 spiro atoms. The largest absolute Gasteiger partial charge is 1.00 e. The molecule has 0 bridgehead atoms. The molecule has 0 unspecified atom stereocenters. The molecule has 3 nitrogen and oxygen atoms in total. The fraction of sp³-hybridized carbons (Fsp3) is 0.143. The number of aryl methyl sites for hydroxylation is 1. The van der Waals surface area contributed by atoms with Gasteiger partial charge in [-0.15, -0.1) is 0 Å². The van der Waals surface area contributed by atoms with Gasteiger partial charge >= 0.3 is 29.6 Å². The number of rotatable bonds is 1. The van der Waals surface area contributed by atoms with Crippen molar-refractivity contribution in [3.8, 4) is 0 Å². The van der Waals surface area contributed by atoms with E-state index in [1.807, 2.05) is 6.92 Å². The van der Waals surface area contributed by atoms with E-state index >= 15 is 0 Å². The van der Waals surface area contributed by atoms with Crippen LogP contribution in [0.4, 0.5) is 0 Å². The van der Waals surface area contributed by atoms with Crippen LogP contribution in [-0.2, 0) is 10.0 Å². The molecule has 68 valence electrons. The monoisotopic (exact) mass is 229 g/mol. The van der Waals surface area contributed by atoms with E-state index in [9.17, 15) is 8.42 Å². The zero-order valence-electron chi connectivity index (χ0n) is 8.41. The molecule has 1 aromatic rings. The summed E-state index contributed by atoms with van der Waals surface area (Å²) in [7, 11) is -3.68. The second-order valence-corrected chi connectivity index (χ2v) is 4.42. The van der Waals surface area contributed by atoms with E-state index in [1.165, 1.54) is 6.07 Å². The minimum absolute atomic E-state index is 0. The van der Waals surface area contributed by atoms with Crippen LogP contribution in [0.1, 0.15) is 6.99 Å². The second-order valence-electron chi connectivity index (χ2n) is 2.48. The summed E-state index contributed by atoms with van der Waals surface area (Å²) in [5.41, 5.74) is 0.896. The number of primary sulfonamides is 1. The molecular weight excluding hydrogens is 221 g/mol. The molecule has 0 saturated heterocycles. The fourth-order valence-corrected chi connectivity index (χ4v) is 1.98. The molecule has 13 heavy (non-hydrogen) atoms. The first-order valence-electron chi connectivity index (χ1n) is 3.20. The zero-order valence-corrected chi connectivity index (χ0v) is 11.0. The summed E-state index contributed by atoms with van der Waals surface area (Å²) in [6.45, 7) is 1.82. The molecule has 0 amide bonds. The van der Waals surface area contributed by atoms with Crippen LogP contribution in [0.3, 0.4) is 0 Å². The van der Waals surface area contributed by atoms with E-state index in [0.29, 0.717) is 0 Å². The molecular formula is C7H9ClNNaO2S. The number of sulfonamides is 1. The molecule has 6 heteroatoms. The Bertz CT molecular complexity index is 410. The zero-order chi connectivity index (χ0) is 9.35. The van der Waals surface area contributed by atoms with Crippen molar-refractivity contribution in [2.24, 2.45) is 5.14 Å². The van der Waals surface area contributed by atoms with Gasteiger partial charge in [-0.25, -0.2) is 13.6 Å². The molecule has 0 radical (unpaired) electrons. The van der Waals surface area contributed by atoms with Crippen molar-refractivity contribution in [2.75, 3.05) is 0 Å². The summed E-state index contributed by atoms with van der Waals surface area (Å²) in [5.74, 6) is 0. The van der Waals surface area contributed by atoms with Crippen molar-refractivity contribution in [3.05, 3.63) is 28.8 Å². The first-order valence-corrected chi connectivity index (χ1v) is 5.12. The summed E-state index contributed by atoms with van der Waals surface area (Å²) < 4.78 is 21.7. The minimum atomic E-state index is -3.68. The van der Waals surface area contributed by atoms with Crippen molar-refractivity contribution in [1.29, 1.82) is 0 Å². The third-order valence-corrected chi connectivity index (χ3v) is 2.79. The molecule has 0 fully saturated rings. The average Bonchev–Trinajstić information content (AvgIpc) is 1.83. The van der Waals surface area contributed by atoms with Gasteiger partial charge in [-0.1, -0.05) is 17.7 Å². The second kappa shape index (κ2) is 4.77. The van der Waals surface area contributed by atoms with Crippen molar-refractivity contribution in [2.45, 2.75) is 11.8 Å². The van der Waals surface area contributed by atoms with E-state index < -0.39 is 10.0 Å². The summed E-state index contributed by atoms with van der Waals surface area (Å²) in [6.07, 6.45) is 0. The molecule has 1 aromatic carbocycles. The van der Waals surface area contributed by atoms with Gasteiger partial charge in [0.2, 0.25) is 10.0 Å². The topological polar surface area (TPSA) is 60.2 Å². The van der Waals surface area contributed by atoms with Crippen molar-refractivity contribution in [3.63, 3.8) is 0 Å². The first-order chi connectivity index (χ1) is 5.41. The van der Waals surface area contributed by atoms with E-state index in [0.717, 1.165) is 5.56 Å². The molecule has 0 aromatic heterocycles. The molecule has 0 saturated carbocycles. The molecule has 0 aliphatic heterocycles. The SMILES string of the molecule is Cc1ccc(S(N)(=O)=O)c(Cl)c1.[H-].[Na+]. The van der Waals surface area contributed by atoms with Crippen LogP contribution >= 0.6 is 11.6 Å². The standard InChI is InChI=1S/C7H8ClNO2S.Na.H/c1-5-2-3-7(6(8)4-5)12(9,10)11;;/h2-4H,1H3,(H2,9,10,11);;/q;+1;-1. The van der Waals surface area contributed by atoms with Gasteiger partial charge in [0.25, 0.3) is 0 Å². The Morgan fingerprint density at radius 3 is 2.38 bits per heavy atom. The Labute approximate surface area is 106 Å². The Kier molecular flexibility index (Phi) is 4.93. The van der Waals surface area contributed by atoms with E-state index in [4.69, 9.17) is 16.7 Å². The van der Waals surface area contributed by atoms with Gasteiger partial charge in [-0.3, -0.25) is 0 Å². The smallest absolute Gasteiger partial charge is 1.00 e. The molecule has 0 heterocycles. The van der Waals surface area contributed by atoms with Crippen molar-refractivity contribution in [1.82, 2.24) is 0 Å². The third-order valence-electron chi connectivity index (χ3n) is 1.39. The van der Waals surface area contributed by atoms with Crippen LogP contribution in [-0.4, -0.2) is 8.42 Å². The number of halogens is 1. The van der Waals surface area contributed by atoms with Crippen LogP contribution in [0, 0.1) is 6.92 Å². The molecule has 2 N–H and O–H groups in total. The van der Waals surface area contributed by atoms with Crippen LogP contribution < -0.4 is 34.7 Å². The quantitative estimate of drug-likeness (QED) is 0.591. The van der Waals surface area contributed by atoms with Crippen LogP contribution in [0.2, 0.25) is 5.02 Å². The number of hydrogen-bond acceptors (Lipinski definition) is 2. The molecule has 1 rings (SSSR count).